The third kappa shape index (κ3) is 4.52. The monoisotopic (exact) mass is 334 g/mol. The number of ether oxygens (including phenoxy) is 1. The fourth-order valence-corrected chi connectivity index (χ4v) is 1.32. The molecular formula is C10H13BIO2P. The van der Waals surface area contributed by atoms with E-state index < -0.39 is 0 Å². The Hall–Kier alpha value is -0.0851. The van der Waals surface area contributed by atoms with Crippen molar-refractivity contribution in [1.29, 1.82) is 0 Å². The minimum absolute atomic E-state index is 0.468. The molecule has 0 N–H and O–H groups in total. The molecular weight excluding hydrogens is 321 g/mol. The van der Waals surface area contributed by atoms with Crippen LogP contribution in [0.15, 0.2) is 24.3 Å². The largest absolute Gasteiger partial charge is 0.494 e. The van der Waals surface area contributed by atoms with Crippen LogP contribution in [0.2, 0.25) is 5.82 Å². The van der Waals surface area contributed by atoms with E-state index >= 15 is 0 Å². The quantitative estimate of drug-likeness (QED) is 0.358. The molecule has 0 aliphatic rings. The van der Waals surface area contributed by atoms with Gasteiger partial charge >= 0.3 is 0 Å². The average molecular weight is 334 g/mol. The Kier molecular flexibility index (Phi) is 5.61. The predicted octanol–water partition coefficient (Wildman–Crippen LogP) is 3.07. The molecule has 2 unspecified atom stereocenters. The number of carbonyl (C=O) groups excluding carboxylic acids is 1. The van der Waals surface area contributed by atoms with Gasteiger partial charge in [0.15, 0.2) is 0 Å². The number of carbonyl (C=O) groups is 1. The normalized spacial score (nSPS) is 11.9. The summed E-state index contributed by atoms with van der Waals surface area (Å²) in [5.41, 5.74) is 0.650. The van der Waals surface area contributed by atoms with Crippen molar-refractivity contribution in [1.82, 2.24) is 0 Å². The third-order valence-electron chi connectivity index (χ3n) is 2.05. The van der Waals surface area contributed by atoms with E-state index in [2.05, 4.69) is 38.4 Å². The van der Waals surface area contributed by atoms with E-state index in [-0.39, 0.29) is 0 Å². The highest BCUT2D eigenvalue weighted by Crippen LogP contribution is 2.22. The predicted molar refractivity (Wildman–Crippen MR) is 76.2 cm³/mol. The van der Waals surface area contributed by atoms with Gasteiger partial charge in [-0.15, -0.1) is 22.4 Å². The Morgan fingerprint density at radius 2 is 2.40 bits per heavy atom. The molecule has 0 saturated heterocycles. The third-order valence-corrected chi connectivity index (χ3v) is 3.94. The van der Waals surface area contributed by atoms with E-state index in [1.165, 1.54) is 0 Å². The molecule has 0 aromatic heterocycles. The molecule has 1 aromatic carbocycles. The Labute approximate surface area is 106 Å². The first-order valence-electron chi connectivity index (χ1n) is 4.71. The summed E-state index contributed by atoms with van der Waals surface area (Å²) in [5, 5.41) is 0. The second kappa shape index (κ2) is 6.49. The molecule has 2 nitrogen and oxygen atoms in total. The van der Waals surface area contributed by atoms with Gasteiger partial charge in [-0.3, -0.25) is 4.79 Å². The lowest BCUT2D eigenvalue weighted by Crippen LogP contribution is -2.11. The Morgan fingerprint density at radius 3 is 3.00 bits per heavy atom. The summed E-state index contributed by atoms with van der Waals surface area (Å²) in [6.07, 6.45) is 0.826. The molecule has 0 radical (unpaired) electrons. The molecule has 15 heavy (non-hydrogen) atoms. The van der Waals surface area contributed by atoms with Crippen LogP contribution in [0.1, 0.15) is 17.3 Å². The van der Waals surface area contributed by atoms with Gasteiger partial charge in [-0.25, -0.2) is 0 Å². The van der Waals surface area contributed by atoms with E-state index in [1.54, 1.807) is 12.1 Å². The van der Waals surface area contributed by atoms with Gasteiger partial charge in [0.2, 0.25) is 4.29 Å². The Bertz CT molecular complexity index is 333. The van der Waals surface area contributed by atoms with Crippen LogP contribution < -0.4 is 4.74 Å². The van der Waals surface area contributed by atoms with Crippen LogP contribution in [-0.2, 0) is 0 Å². The molecule has 0 fully saturated rings. The number of hydrogen-bond acceptors (Lipinski definition) is 2. The molecule has 80 valence electrons. The summed E-state index contributed by atoms with van der Waals surface area (Å²) in [5.74, 6) is 1.23. The van der Waals surface area contributed by atoms with Gasteiger partial charge in [-0.05, 0) is 17.9 Å². The molecule has 0 aliphatic carbocycles. The van der Waals surface area contributed by atoms with Crippen LogP contribution in [0.3, 0.4) is 0 Å². The topological polar surface area (TPSA) is 26.3 Å². The second-order valence-electron chi connectivity index (χ2n) is 3.42. The molecule has 0 aliphatic heterocycles. The molecule has 1 rings (SSSR count). The molecule has 2 atom stereocenters. The SMILES string of the molecule is CC(COc1cccc(C=O)c1)B(P)I. The number of aldehydes is 1. The smallest absolute Gasteiger partial charge is 0.245 e. The highest BCUT2D eigenvalue weighted by molar-refractivity contribution is 14.1. The van der Waals surface area contributed by atoms with Crippen molar-refractivity contribution in [2.45, 2.75) is 12.7 Å². The van der Waals surface area contributed by atoms with Gasteiger partial charge in [0.1, 0.15) is 12.0 Å². The maximum absolute atomic E-state index is 10.5. The first-order valence-corrected chi connectivity index (χ1v) is 6.62. The fourth-order valence-electron chi connectivity index (χ4n) is 0.997. The van der Waals surface area contributed by atoms with Gasteiger partial charge in [0.05, 0.1) is 6.61 Å². The molecule has 0 bridgehead atoms. The first kappa shape index (κ1) is 13.0. The lowest BCUT2D eigenvalue weighted by Gasteiger charge is -2.13. The summed E-state index contributed by atoms with van der Waals surface area (Å²) in [7, 11) is 2.75. The van der Waals surface area contributed by atoms with E-state index in [9.17, 15) is 4.79 Å². The number of rotatable bonds is 5. The molecule has 5 heteroatoms. The van der Waals surface area contributed by atoms with Crippen molar-refractivity contribution >= 4 is 42.1 Å². The van der Waals surface area contributed by atoms with E-state index in [0.717, 1.165) is 12.0 Å². The van der Waals surface area contributed by atoms with Crippen molar-refractivity contribution < 1.29 is 9.53 Å². The molecule has 0 amide bonds. The zero-order valence-electron chi connectivity index (χ0n) is 8.52. The molecule has 0 spiro atoms. The van der Waals surface area contributed by atoms with Crippen molar-refractivity contribution in [3.63, 3.8) is 0 Å². The zero-order chi connectivity index (χ0) is 11.3. The van der Waals surface area contributed by atoms with E-state index in [0.29, 0.717) is 22.3 Å². The van der Waals surface area contributed by atoms with Gasteiger partial charge in [0, 0.05) is 5.56 Å². The van der Waals surface area contributed by atoms with Crippen LogP contribution >= 0.6 is 31.5 Å². The Morgan fingerprint density at radius 1 is 1.67 bits per heavy atom. The number of hydrogen-bond donors (Lipinski definition) is 0. The second-order valence-corrected chi connectivity index (χ2v) is 6.94. The molecule has 0 heterocycles. The summed E-state index contributed by atoms with van der Waals surface area (Å²) in [6.45, 7) is 2.80. The summed E-state index contributed by atoms with van der Waals surface area (Å²) in [4.78, 5) is 10.5. The van der Waals surface area contributed by atoms with Crippen molar-refractivity contribution in [2.75, 3.05) is 6.61 Å². The van der Waals surface area contributed by atoms with Crippen molar-refractivity contribution in [2.24, 2.45) is 0 Å². The van der Waals surface area contributed by atoms with Gasteiger partial charge < -0.3 is 4.74 Å². The minimum atomic E-state index is 0.468. The lowest BCUT2D eigenvalue weighted by molar-refractivity contribution is 0.112. The van der Waals surface area contributed by atoms with Crippen LogP contribution in [0.25, 0.3) is 0 Å². The maximum atomic E-state index is 10.5. The molecule has 0 saturated carbocycles. The Balaban J connectivity index is 2.53. The number of benzene rings is 1. The average Bonchev–Trinajstić information content (AvgIpc) is 2.26. The van der Waals surface area contributed by atoms with E-state index in [4.69, 9.17) is 4.74 Å². The highest BCUT2D eigenvalue weighted by atomic mass is 127. The first-order chi connectivity index (χ1) is 7.13. The highest BCUT2D eigenvalue weighted by Gasteiger charge is 2.13. The zero-order valence-corrected chi connectivity index (χ0v) is 11.8. The van der Waals surface area contributed by atoms with Crippen molar-refractivity contribution in [3.8, 4) is 5.75 Å². The lowest BCUT2D eigenvalue weighted by atomic mass is 9.88. The van der Waals surface area contributed by atoms with Crippen LogP contribution in [0, 0.1) is 0 Å². The maximum Gasteiger partial charge on any atom is 0.245 e. The minimum Gasteiger partial charge on any atom is -0.494 e. The van der Waals surface area contributed by atoms with Gasteiger partial charge in [0.25, 0.3) is 0 Å². The number of halogens is 1. The molecule has 1 aromatic rings. The summed E-state index contributed by atoms with van der Waals surface area (Å²) >= 11 is 2.35. The summed E-state index contributed by atoms with van der Waals surface area (Å²) in [6, 6.07) is 7.21. The van der Waals surface area contributed by atoms with Crippen LogP contribution in [0.5, 0.6) is 5.75 Å². The van der Waals surface area contributed by atoms with Crippen molar-refractivity contribution in [3.05, 3.63) is 29.8 Å². The van der Waals surface area contributed by atoms with Crippen LogP contribution in [0.4, 0.5) is 0 Å². The van der Waals surface area contributed by atoms with Gasteiger partial charge in [-0.2, -0.15) is 9.12 Å². The van der Waals surface area contributed by atoms with Crippen LogP contribution in [-0.4, -0.2) is 17.2 Å². The van der Waals surface area contributed by atoms with Gasteiger partial charge in [-0.1, -0.05) is 19.1 Å². The standard InChI is InChI=1S/C10H13BIO2P/c1-8(11(12)15)7-14-10-4-2-3-9(5-10)6-13/h2-6,8H,7,15H2,1H3. The summed E-state index contributed by atoms with van der Waals surface area (Å²) < 4.78 is 6.09. The van der Waals surface area contributed by atoms with E-state index in [1.807, 2.05) is 12.1 Å². The fraction of sp³-hybridized carbons (Fsp3) is 0.300.